The molecular weight excluding hydrogens is 641 g/mol. The van der Waals surface area contributed by atoms with Crippen molar-refractivity contribution in [2.45, 2.75) is 57.5 Å². The lowest BCUT2D eigenvalue weighted by molar-refractivity contribution is -0.140. The van der Waals surface area contributed by atoms with Crippen molar-refractivity contribution in [1.82, 2.24) is 10.2 Å². The molecule has 242 valence electrons. The van der Waals surface area contributed by atoms with E-state index in [4.69, 9.17) is 23.2 Å². The highest BCUT2D eigenvalue weighted by atomic mass is 35.5. The molecule has 0 aliphatic carbocycles. The van der Waals surface area contributed by atoms with Gasteiger partial charge in [-0.3, -0.25) is 13.9 Å². The monoisotopic (exact) mass is 679 g/mol. The van der Waals surface area contributed by atoms with Gasteiger partial charge >= 0.3 is 0 Å². The number of carbonyl (C=O) groups excluding carboxylic acids is 2. The van der Waals surface area contributed by atoms with Gasteiger partial charge in [-0.25, -0.2) is 8.42 Å². The van der Waals surface area contributed by atoms with Crippen LogP contribution in [0, 0.1) is 13.8 Å². The molecule has 0 saturated carbocycles. The van der Waals surface area contributed by atoms with Gasteiger partial charge in [-0.2, -0.15) is 0 Å². The maximum absolute atomic E-state index is 14.6. The predicted octanol–water partition coefficient (Wildman–Crippen LogP) is 7.36. The van der Waals surface area contributed by atoms with Crippen molar-refractivity contribution < 1.29 is 18.0 Å². The number of aryl methyl sites for hydroxylation is 2. The van der Waals surface area contributed by atoms with Crippen molar-refractivity contribution >= 4 is 50.7 Å². The molecule has 0 fully saturated rings. The lowest BCUT2D eigenvalue weighted by Gasteiger charge is -2.34. The molecule has 10 heteroatoms. The fourth-order valence-electron chi connectivity index (χ4n) is 4.98. The van der Waals surface area contributed by atoms with E-state index in [1.165, 1.54) is 29.2 Å². The van der Waals surface area contributed by atoms with Gasteiger partial charge in [0.05, 0.1) is 15.6 Å². The summed E-state index contributed by atoms with van der Waals surface area (Å²) >= 11 is 12.9. The summed E-state index contributed by atoms with van der Waals surface area (Å²) in [6.45, 7) is 5.78. The predicted molar refractivity (Wildman–Crippen MR) is 186 cm³/mol. The molecule has 2 amide bonds. The molecule has 4 rings (SSSR count). The molecule has 1 N–H and O–H groups in total. The second kappa shape index (κ2) is 16.1. The first-order valence-corrected chi connectivity index (χ1v) is 17.4. The summed E-state index contributed by atoms with van der Waals surface area (Å²) < 4.78 is 29.4. The molecule has 46 heavy (non-hydrogen) atoms. The first-order chi connectivity index (χ1) is 22.0. The normalized spacial score (nSPS) is 11.9. The number of hydrogen-bond acceptors (Lipinski definition) is 4. The standard InChI is InChI=1S/C36H39Cl2N3O4S/c1-4-5-21-39-36(43)34(22-28-9-7-6-8-10-28)40(24-29-15-11-26(2)12-16-29)35(42)25-41(33-23-30(37)17-20-32(33)38)46(44,45)31-18-13-27(3)14-19-31/h6-20,23,34H,4-5,21-22,24-25H2,1-3H3,(H,39,43). The number of nitrogens with zero attached hydrogens (tertiary/aromatic N) is 2. The number of hydrogen-bond donors (Lipinski definition) is 1. The van der Waals surface area contributed by atoms with Crippen molar-refractivity contribution in [2.75, 3.05) is 17.4 Å². The molecule has 4 aromatic carbocycles. The number of halogens is 2. The lowest BCUT2D eigenvalue weighted by Crippen LogP contribution is -2.53. The molecule has 0 radical (unpaired) electrons. The van der Waals surface area contributed by atoms with Crippen LogP contribution in [-0.2, 0) is 32.6 Å². The minimum absolute atomic E-state index is 0.00910. The highest BCUT2D eigenvalue weighted by molar-refractivity contribution is 7.92. The number of anilines is 1. The molecule has 0 aliphatic heterocycles. The SMILES string of the molecule is CCCCNC(=O)C(Cc1ccccc1)N(Cc1ccc(C)cc1)C(=O)CN(c1cc(Cl)ccc1Cl)S(=O)(=O)c1ccc(C)cc1. The Morgan fingerprint density at radius 3 is 2.09 bits per heavy atom. The molecule has 0 heterocycles. The quantitative estimate of drug-likeness (QED) is 0.141. The Bertz CT molecular complexity index is 1730. The van der Waals surface area contributed by atoms with E-state index in [2.05, 4.69) is 5.32 Å². The summed E-state index contributed by atoms with van der Waals surface area (Å²) in [5.74, 6) is -0.884. The Morgan fingerprint density at radius 1 is 0.826 bits per heavy atom. The molecule has 0 bridgehead atoms. The Labute approximate surface area is 282 Å². The van der Waals surface area contributed by atoms with E-state index in [9.17, 15) is 18.0 Å². The van der Waals surface area contributed by atoms with E-state index >= 15 is 0 Å². The van der Waals surface area contributed by atoms with E-state index in [0.29, 0.717) is 6.54 Å². The third-order valence-corrected chi connectivity index (χ3v) is 9.97. The van der Waals surface area contributed by atoms with Crippen LogP contribution >= 0.6 is 23.2 Å². The molecular formula is C36H39Cl2N3O4S. The third-order valence-electron chi connectivity index (χ3n) is 7.64. The van der Waals surface area contributed by atoms with Crippen molar-refractivity contribution in [3.8, 4) is 0 Å². The molecule has 1 unspecified atom stereocenters. The topological polar surface area (TPSA) is 86.8 Å². The summed E-state index contributed by atoms with van der Waals surface area (Å²) in [7, 11) is -4.30. The van der Waals surface area contributed by atoms with E-state index in [0.717, 1.165) is 39.4 Å². The first-order valence-electron chi connectivity index (χ1n) is 15.2. The maximum Gasteiger partial charge on any atom is 0.264 e. The zero-order valence-corrected chi connectivity index (χ0v) is 28.6. The summed E-state index contributed by atoms with van der Waals surface area (Å²) in [6, 6.07) is 27.0. The van der Waals surface area contributed by atoms with E-state index in [-0.39, 0.29) is 39.5 Å². The highest BCUT2D eigenvalue weighted by Crippen LogP contribution is 2.33. The van der Waals surface area contributed by atoms with Gasteiger partial charge in [0, 0.05) is 24.5 Å². The number of carbonyl (C=O) groups is 2. The Kier molecular flexibility index (Phi) is 12.3. The van der Waals surface area contributed by atoms with Crippen molar-refractivity contribution in [1.29, 1.82) is 0 Å². The minimum atomic E-state index is -4.30. The summed E-state index contributed by atoms with van der Waals surface area (Å²) in [5, 5.41) is 3.36. The number of amides is 2. The van der Waals surface area contributed by atoms with Gasteiger partial charge in [-0.15, -0.1) is 0 Å². The Morgan fingerprint density at radius 2 is 1.46 bits per heavy atom. The van der Waals surface area contributed by atoms with Crippen LogP contribution in [0.2, 0.25) is 10.0 Å². The number of sulfonamides is 1. The molecule has 0 aromatic heterocycles. The lowest BCUT2D eigenvalue weighted by atomic mass is 10.0. The van der Waals surface area contributed by atoms with Gasteiger partial charge in [0.15, 0.2) is 0 Å². The fourth-order valence-corrected chi connectivity index (χ4v) is 6.84. The zero-order chi connectivity index (χ0) is 33.3. The molecule has 0 saturated heterocycles. The molecule has 7 nitrogen and oxygen atoms in total. The van der Waals surface area contributed by atoms with Crippen LogP contribution in [0.25, 0.3) is 0 Å². The van der Waals surface area contributed by atoms with Crippen LogP contribution in [-0.4, -0.2) is 44.3 Å². The first kappa shape index (κ1) is 35.0. The van der Waals surface area contributed by atoms with Gasteiger partial charge in [-0.1, -0.05) is 114 Å². The Balaban J connectivity index is 1.81. The average molecular weight is 681 g/mol. The molecule has 4 aromatic rings. The van der Waals surface area contributed by atoms with Crippen LogP contribution in [0.5, 0.6) is 0 Å². The highest BCUT2D eigenvalue weighted by Gasteiger charge is 2.35. The average Bonchev–Trinajstić information content (AvgIpc) is 3.04. The summed E-state index contributed by atoms with van der Waals surface area (Å²) in [4.78, 5) is 29.9. The van der Waals surface area contributed by atoms with Crippen LogP contribution < -0.4 is 9.62 Å². The Hall–Kier alpha value is -3.85. The van der Waals surface area contributed by atoms with Crippen LogP contribution in [0.4, 0.5) is 5.69 Å². The smallest absolute Gasteiger partial charge is 0.264 e. The number of benzene rings is 4. The van der Waals surface area contributed by atoms with E-state index in [1.54, 1.807) is 18.2 Å². The second-order valence-corrected chi connectivity index (χ2v) is 14.0. The number of unbranched alkanes of at least 4 members (excludes halogenated alkanes) is 1. The van der Waals surface area contributed by atoms with Gasteiger partial charge in [0.25, 0.3) is 10.0 Å². The van der Waals surface area contributed by atoms with Gasteiger partial charge in [-0.05, 0) is 61.7 Å². The maximum atomic E-state index is 14.6. The molecule has 1 atom stereocenters. The summed E-state index contributed by atoms with van der Waals surface area (Å²) in [5.41, 5.74) is 3.65. The van der Waals surface area contributed by atoms with Gasteiger partial charge in [0.1, 0.15) is 12.6 Å². The van der Waals surface area contributed by atoms with E-state index < -0.39 is 28.5 Å². The van der Waals surface area contributed by atoms with Gasteiger partial charge in [0.2, 0.25) is 11.8 Å². The number of nitrogens with one attached hydrogen (secondary N) is 1. The van der Waals surface area contributed by atoms with Crippen LogP contribution in [0.15, 0.2) is 102 Å². The van der Waals surface area contributed by atoms with Gasteiger partial charge < -0.3 is 10.2 Å². The molecule has 0 aliphatic rings. The molecule has 0 spiro atoms. The minimum Gasteiger partial charge on any atom is -0.354 e. The van der Waals surface area contributed by atoms with Crippen LogP contribution in [0.1, 0.15) is 42.0 Å². The third kappa shape index (κ3) is 9.12. The fraction of sp³-hybridized carbons (Fsp3) is 0.278. The van der Waals surface area contributed by atoms with Crippen molar-refractivity contribution in [3.05, 3.63) is 129 Å². The second-order valence-electron chi connectivity index (χ2n) is 11.3. The zero-order valence-electron chi connectivity index (χ0n) is 26.2. The van der Waals surface area contributed by atoms with Crippen molar-refractivity contribution in [3.63, 3.8) is 0 Å². The number of rotatable bonds is 14. The summed E-state index contributed by atoms with van der Waals surface area (Å²) in [6.07, 6.45) is 1.91. The van der Waals surface area contributed by atoms with Crippen LogP contribution in [0.3, 0.4) is 0 Å². The van der Waals surface area contributed by atoms with E-state index in [1.807, 2.05) is 75.4 Å². The van der Waals surface area contributed by atoms with Crippen molar-refractivity contribution in [2.24, 2.45) is 0 Å². The largest absolute Gasteiger partial charge is 0.354 e.